The van der Waals surface area contributed by atoms with Gasteiger partial charge in [-0.1, -0.05) is 19.3 Å². The summed E-state index contributed by atoms with van der Waals surface area (Å²) in [5, 5.41) is 10.0. The highest BCUT2D eigenvalue weighted by molar-refractivity contribution is 5.02. The third kappa shape index (κ3) is 2.50. The molecule has 2 heteroatoms. The highest BCUT2D eigenvalue weighted by Crippen LogP contribution is 2.34. The van der Waals surface area contributed by atoms with E-state index in [2.05, 4.69) is 11.8 Å². The summed E-state index contributed by atoms with van der Waals surface area (Å²) < 4.78 is 5.52. The molecule has 0 radical (unpaired) electrons. The zero-order valence-corrected chi connectivity index (χ0v) is 9.18. The Morgan fingerprint density at radius 3 is 2.50 bits per heavy atom. The van der Waals surface area contributed by atoms with Crippen molar-refractivity contribution in [3.05, 3.63) is 0 Å². The first kappa shape index (κ1) is 11.6. The zero-order chi connectivity index (χ0) is 10.4. The molecule has 0 heterocycles. The normalized spacial score (nSPS) is 22.2. The molecule has 0 spiro atoms. The minimum absolute atomic E-state index is 0.317. The van der Waals surface area contributed by atoms with Crippen molar-refractivity contribution in [2.45, 2.75) is 57.2 Å². The lowest BCUT2D eigenvalue weighted by Crippen LogP contribution is -2.45. The van der Waals surface area contributed by atoms with Crippen LogP contribution in [0.5, 0.6) is 0 Å². The molecule has 0 aromatic carbocycles. The summed E-state index contributed by atoms with van der Waals surface area (Å²) in [5.74, 6) is 5.74. The molecule has 14 heavy (non-hydrogen) atoms. The number of methoxy groups -OCH3 is 1. The monoisotopic (exact) mass is 196 g/mol. The molecule has 0 saturated heterocycles. The van der Waals surface area contributed by atoms with Crippen molar-refractivity contribution >= 4 is 0 Å². The van der Waals surface area contributed by atoms with Gasteiger partial charge in [0.25, 0.3) is 0 Å². The largest absolute Gasteiger partial charge is 0.389 e. The van der Waals surface area contributed by atoms with E-state index in [4.69, 9.17) is 4.74 Å². The minimum Gasteiger partial charge on any atom is -0.389 e. The van der Waals surface area contributed by atoms with Crippen LogP contribution in [0, 0.1) is 11.8 Å². The van der Waals surface area contributed by atoms with Gasteiger partial charge in [0.15, 0.2) is 0 Å². The summed E-state index contributed by atoms with van der Waals surface area (Å²) in [7, 11) is 1.70. The van der Waals surface area contributed by atoms with Gasteiger partial charge in [0.05, 0.1) is 11.7 Å². The molecule has 1 rings (SSSR count). The van der Waals surface area contributed by atoms with E-state index in [0.717, 1.165) is 25.7 Å². The molecular weight excluding hydrogens is 176 g/mol. The van der Waals surface area contributed by atoms with Gasteiger partial charge < -0.3 is 9.84 Å². The van der Waals surface area contributed by atoms with Crippen LogP contribution in [-0.2, 0) is 4.74 Å². The van der Waals surface area contributed by atoms with Crippen molar-refractivity contribution in [3.8, 4) is 11.8 Å². The van der Waals surface area contributed by atoms with E-state index in [9.17, 15) is 5.11 Å². The smallest absolute Gasteiger partial charge is 0.0945 e. The summed E-state index contributed by atoms with van der Waals surface area (Å²) in [5.41, 5.74) is -0.317. The van der Waals surface area contributed by atoms with Crippen LogP contribution in [-0.4, -0.2) is 23.9 Å². The first-order valence-electron chi connectivity index (χ1n) is 5.38. The summed E-state index contributed by atoms with van der Waals surface area (Å²) in [4.78, 5) is 0. The fraction of sp³-hybridized carbons (Fsp3) is 0.833. The van der Waals surface area contributed by atoms with Gasteiger partial charge in [0.2, 0.25) is 0 Å². The Bertz CT molecular complexity index is 218. The molecule has 0 aliphatic heterocycles. The topological polar surface area (TPSA) is 29.5 Å². The van der Waals surface area contributed by atoms with E-state index in [-0.39, 0.29) is 5.60 Å². The number of hydrogen-bond donors (Lipinski definition) is 1. The van der Waals surface area contributed by atoms with Gasteiger partial charge in [0.1, 0.15) is 0 Å². The SMILES string of the molecule is CC#CCC(O)C1(OC)CCCCC1. The Labute approximate surface area is 86.7 Å². The van der Waals surface area contributed by atoms with E-state index in [1.54, 1.807) is 14.0 Å². The van der Waals surface area contributed by atoms with Crippen molar-refractivity contribution in [2.75, 3.05) is 7.11 Å². The zero-order valence-electron chi connectivity index (χ0n) is 9.18. The second kappa shape index (κ2) is 5.38. The number of aliphatic hydroxyl groups excluding tert-OH is 1. The van der Waals surface area contributed by atoms with Crippen LogP contribution in [0.2, 0.25) is 0 Å². The molecule has 2 nitrogen and oxygen atoms in total. The molecule has 1 aliphatic carbocycles. The maximum Gasteiger partial charge on any atom is 0.0945 e. The fourth-order valence-corrected chi connectivity index (χ4v) is 2.21. The predicted molar refractivity (Wildman–Crippen MR) is 56.9 cm³/mol. The minimum atomic E-state index is -0.430. The van der Waals surface area contributed by atoms with E-state index < -0.39 is 6.10 Å². The van der Waals surface area contributed by atoms with Gasteiger partial charge in [-0.15, -0.1) is 11.8 Å². The highest BCUT2D eigenvalue weighted by atomic mass is 16.5. The number of aliphatic hydroxyl groups is 1. The molecule has 0 aromatic rings. The van der Waals surface area contributed by atoms with Crippen LogP contribution < -0.4 is 0 Å². The molecule has 1 atom stereocenters. The molecule has 0 aromatic heterocycles. The van der Waals surface area contributed by atoms with Crippen LogP contribution in [0.4, 0.5) is 0 Å². The second-order valence-corrected chi connectivity index (χ2v) is 3.98. The van der Waals surface area contributed by atoms with Crippen LogP contribution in [0.25, 0.3) is 0 Å². The molecule has 1 unspecified atom stereocenters. The Morgan fingerprint density at radius 1 is 1.36 bits per heavy atom. The van der Waals surface area contributed by atoms with Crippen LogP contribution in [0.1, 0.15) is 45.4 Å². The molecule has 0 bridgehead atoms. The third-order valence-electron chi connectivity index (χ3n) is 3.19. The van der Waals surface area contributed by atoms with Gasteiger partial charge in [-0.05, 0) is 19.8 Å². The maximum atomic E-state index is 10.0. The van der Waals surface area contributed by atoms with Crippen molar-refractivity contribution < 1.29 is 9.84 Å². The summed E-state index contributed by atoms with van der Waals surface area (Å²) >= 11 is 0. The van der Waals surface area contributed by atoms with Crippen molar-refractivity contribution in [3.63, 3.8) is 0 Å². The van der Waals surface area contributed by atoms with Gasteiger partial charge in [0, 0.05) is 13.5 Å². The van der Waals surface area contributed by atoms with E-state index in [1.807, 2.05) is 0 Å². The lowest BCUT2D eigenvalue weighted by atomic mass is 9.79. The molecule has 0 amide bonds. The highest BCUT2D eigenvalue weighted by Gasteiger charge is 2.38. The van der Waals surface area contributed by atoms with Crippen LogP contribution >= 0.6 is 0 Å². The lowest BCUT2D eigenvalue weighted by Gasteiger charge is -2.39. The molecule has 1 N–H and O–H groups in total. The average molecular weight is 196 g/mol. The van der Waals surface area contributed by atoms with Crippen molar-refractivity contribution in [2.24, 2.45) is 0 Å². The summed E-state index contributed by atoms with van der Waals surface area (Å²) in [6, 6.07) is 0. The van der Waals surface area contributed by atoms with Crippen LogP contribution in [0.15, 0.2) is 0 Å². The van der Waals surface area contributed by atoms with E-state index in [0.29, 0.717) is 6.42 Å². The number of ether oxygens (including phenoxy) is 1. The Balaban J connectivity index is 2.60. The third-order valence-corrected chi connectivity index (χ3v) is 3.19. The fourth-order valence-electron chi connectivity index (χ4n) is 2.21. The van der Waals surface area contributed by atoms with E-state index in [1.165, 1.54) is 6.42 Å². The second-order valence-electron chi connectivity index (χ2n) is 3.98. The van der Waals surface area contributed by atoms with Crippen LogP contribution in [0.3, 0.4) is 0 Å². The molecule has 1 aliphatic rings. The Kier molecular flexibility index (Phi) is 4.44. The first-order chi connectivity index (χ1) is 6.75. The molecule has 1 fully saturated rings. The summed E-state index contributed by atoms with van der Waals surface area (Å²) in [6.07, 6.45) is 5.61. The lowest BCUT2D eigenvalue weighted by molar-refractivity contribution is -0.120. The molecule has 1 saturated carbocycles. The average Bonchev–Trinajstić information content (AvgIpc) is 2.26. The molecular formula is C12H20O2. The van der Waals surface area contributed by atoms with Gasteiger partial charge >= 0.3 is 0 Å². The quantitative estimate of drug-likeness (QED) is 0.700. The standard InChI is InChI=1S/C12H20O2/c1-3-4-8-11(13)12(14-2)9-6-5-7-10-12/h11,13H,5-10H2,1-2H3. The predicted octanol–water partition coefficient (Wildman–Crippen LogP) is 2.11. The maximum absolute atomic E-state index is 10.0. The van der Waals surface area contributed by atoms with E-state index >= 15 is 0 Å². The Hall–Kier alpha value is -0.520. The van der Waals surface area contributed by atoms with Gasteiger partial charge in [-0.25, -0.2) is 0 Å². The first-order valence-corrected chi connectivity index (χ1v) is 5.38. The summed E-state index contributed by atoms with van der Waals surface area (Å²) in [6.45, 7) is 1.80. The van der Waals surface area contributed by atoms with Crippen molar-refractivity contribution in [1.29, 1.82) is 0 Å². The number of hydrogen-bond acceptors (Lipinski definition) is 2. The Morgan fingerprint density at radius 2 is 2.00 bits per heavy atom. The van der Waals surface area contributed by atoms with Crippen molar-refractivity contribution in [1.82, 2.24) is 0 Å². The van der Waals surface area contributed by atoms with Gasteiger partial charge in [-0.3, -0.25) is 0 Å². The van der Waals surface area contributed by atoms with Gasteiger partial charge in [-0.2, -0.15) is 0 Å². The number of rotatable bonds is 3. The molecule has 80 valence electrons.